The Labute approximate surface area is 187 Å². The third-order valence-corrected chi connectivity index (χ3v) is 5.93. The van der Waals surface area contributed by atoms with Gasteiger partial charge in [-0.1, -0.05) is 35.9 Å². The van der Waals surface area contributed by atoms with Gasteiger partial charge in [-0.15, -0.1) is 11.8 Å². The van der Waals surface area contributed by atoms with Crippen molar-refractivity contribution in [1.29, 1.82) is 0 Å². The van der Waals surface area contributed by atoms with Crippen molar-refractivity contribution >= 4 is 29.3 Å². The normalized spacial score (nSPS) is 10.6. The van der Waals surface area contributed by atoms with Crippen LogP contribution in [0.1, 0.15) is 34.8 Å². The Kier molecular flexibility index (Phi) is 8.66. The first-order valence-corrected chi connectivity index (χ1v) is 11.5. The lowest BCUT2D eigenvalue weighted by molar-refractivity contribution is 0.0953. The first kappa shape index (κ1) is 22.3. The zero-order chi connectivity index (χ0) is 21.2. The van der Waals surface area contributed by atoms with Gasteiger partial charge in [-0.2, -0.15) is 0 Å². The van der Waals surface area contributed by atoms with Gasteiger partial charge in [-0.05, 0) is 79.4 Å². The summed E-state index contributed by atoms with van der Waals surface area (Å²) in [6, 6.07) is 23.8. The summed E-state index contributed by atoms with van der Waals surface area (Å²) < 4.78 is 5.45. The van der Waals surface area contributed by atoms with Crippen LogP contribution in [0.15, 0.2) is 77.7 Å². The summed E-state index contributed by atoms with van der Waals surface area (Å²) in [7, 11) is 0. The number of carbonyl (C=O) groups is 1. The third kappa shape index (κ3) is 7.12. The number of benzene rings is 3. The molecule has 3 aromatic rings. The van der Waals surface area contributed by atoms with Crippen LogP contribution in [0.25, 0.3) is 0 Å². The minimum absolute atomic E-state index is 0.0291. The summed E-state index contributed by atoms with van der Waals surface area (Å²) in [6.45, 7) is 3.30. The number of halogens is 1. The SMILES string of the molecule is CCOc1ccc(CCCNC(=O)c2ccc(CSc3ccc(Cl)cc3)cc2)cc1. The number of carbonyl (C=O) groups excluding carboxylic acids is 1. The van der Waals surface area contributed by atoms with Crippen LogP contribution in [0.4, 0.5) is 0 Å². The molecular weight excluding hydrogens is 414 g/mol. The largest absolute Gasteiger partial charge is 0.494 e. The van der Waals surface area contributed by atoms with E-state index in [2.05, 4.69) is 17.4 Å². The molecule has 0 heterocycles. The second kappa shape index (κ2) is 11.7. The second-order valence-corrected chi connectivity index (χ2v) is 8.36. The molecule has 1 amide bonds. The minimum atomic E-state index is -0.0291. The number of rotatable bonds is 10. The van der Waals surface area contributed by atoms with E-state index in [1.807, 2.05) is 67.6 Å². The number of hydrogen-bond donors (Lipinski definition) is 1. The van der Waals surface area contributed by atoms with Crippen LogP contribution in [-0.4, -0.2) is 19.1 Å². The van der Waals surface area contributed by atoms with E-state index in [1.165, 1.54) is 16.0 Å². The standard InChI is InChI=1S/C25H26ClNO2S/c1-2-29-23-13-7-19(8-14-23)4-3-17-27-25(28)21-9-5-20(6-10-21)18-30-24-15-11-22(26)12-16-24/h5-16H,2-4,17-18H2,1H3,(H,27,28). The van der Waals surface area contributed by atoms with Gasteiger partial charge in [-0.25, -0.2) is 0 Å². The fraction of sp³-hybridized carbons (Fsp3) is 0.240. The van der Waals surface area contributed by atoms with Gasteiger partial charge in [0, 0.05) is 27.8 Å². The van der Waals surface area contributed by atoms with Crippen LogP contribution < -0.4 is 10.1 Å². The zero-order valence-corrected chi connectivity index (χ0v) is 18.6. The lowest BCUT2D eigenvalue weighted by Gasteiger charge is -2.08. The summed E-state index contributed by atoms with van der Waals surface area (Å²) in [4.78, 5) is 13.5. The van der Waals surface area contributed by atoms with Crippen molar-refractivity contribution in [3.8, 4) is 5.75 Å². The van der Waals surface area contributed by atoms with E-state index in [0.717, 1.165) is 29.4 Å². The van der Waals surface area contributed by atoms with Gasteiger partial charge in [0.05, 0.1) is 6.61 Å². The lowest BCUT2D eigenvalue weighted by atomic mass is 10.1. The van der Waals surface area contributed by atoms with Crippen molar-refractivity contribution in [2.75, 3.05) is 13.2 Å². The summed E-state index contributed by atoms with van der Waals surface area (Å²) in [5.74, 6) is 1.72. The van der Waals surface area contributed by atoms with E-state index in [-0.39, 0.29) is 5.91 Å². The third-order valence-electron chi connectivity index (χ3n) is 4.60. The molecule has 0 saturated heterocycles. The summed E-state index contributed by atoms with van der Waals surface area (Å²) in [5, 5.41) is 3.75. The average Bonchev–Trinajstić information content (AvgIpc) is 2.78. The highest BCUT2D eigenvalue weighted by atomic mass is 35.5. The maximum atomic E-state index is 12.3. The van der Waals surface area contributed by atoms with Crippen molar-refractivity contribution in [3.63, 3.8) is 0 Å². The number of amides is 1. The molecule has 1 N–H and O–H groups in total. The Bertz CT molecular complexity index is 925. The van der Waals surface area contributed by atoms with Crippen molar-refractivity contribution in [1.82, 2.24) is 5.32 Å². The van der Waals surface area contributed by atoms with E-state index in [1.54, 1.807) is 11.8 Å². The topological polar surface area (TPSA) is 38.3 Å². The Morgan fingerprint density at radius 2 is 1.60 bits per heavy atom. The van der Waals surface area contributed by atoms with Crippen LogP contribution in [-0.2, 0) is 12.2 Å². The van der Waals surface area contributed by atoms with Crippen LogP contribution >= 0.6 is 23.4 Å². The molecule has 0 aliphatic rings. The van der Waals surface area contributed by atoms with Crippen molar-refractivity contribution < 1.29 is 9.53 Å². The predicted octanol–water partition coefficient (Wildman–Crippen LogP) is 6.39. The highest BCUT2D eigenvalue weighted by Gasteiger charge is 2.05. The molecule has 30 heavy (non-hydrogen) atoms. The molecule has 0 saturated carbocycles. The maximum absolute atomic E-state index is 12.3. The molecule has 0 aliphatic heterocycles. The van der Waals surface area contributed by atoms with Gasteiger partial charge < -0.3 is 10.1 Å². The van der Waals surface area contributed by atoms with E-state index in [9.17, 15) is 4.79 Å². The molecule has 3 rings (SSSR count). The molecule has 0 fully saturated rings. The van der Waals surface area contributed by atoms with Crippen molar-refractivity contribution in [3.05, 3.63) is 94.5 Å². The Hall–Kier alpha value is -2.43. The number of hydrogen-bond acceptors (Lipinski definition) is 3. The lowest BCUT2D eigenvalue weighted by Crippen LogP contribution is -2.24. The van der Waals surface area contributed by atoms with Gasteiger partial charge in [0.1, 0.15) is 5.75 Å². The van der Waals surface area contributed by atoms with Crippen molar-refractivity contribution in [2.24, 2.45) is 0 Å². The molecule has 0 aromatic heterocycles. The van der Waals surface area contributed by atoms with Crippen LogP contribution in [0, 0.1) is 0 Å². The van der Waals surface area contributed by atoms with E-state index >= 15 is 0 Å². The summed E-state index contributed by atoms with van der Waals surface area (Å²) in [6.07, 6.45) is 1.82. The highest BCUT2D eigenvalue weighted by Crippen LogP contribution is 2.24. The molecule has 156 valence electrons. The highest BCUT2D eigenvalue weighted by molar-refractivity contribution is 7.98. The average molecular weight is 440 g/mol. The van der Waals surface area contributed by atoms with Gasteiger partial charge in [0.15, 0.2) is 0 Å². The van der Waals surface area contributed by atoms with Gasteiger partial charge in [-0.3, -0.25) is 4.79 Å². The first-order valence-electron chi connectivity index (χ1n) is 10.1. The predicted molar refractivity (Wildman–Crippen MR) is 126 cm³/mol. The molecule has 3 nitrogen and oxygen atoms in total. The number of nitrogens with one attached hydrogen (secondary N) is 1. The molecule has 0 aliphatic carbocycles. The fourth-order valence-electron chi connectivity index (χ4n) is 2.97. The fourth-order valence-corrected chi connectivity index (χ4v) is 3.95. The first-order chi connectivity index (χ1) is 14.6. The molecule has 0 spiro atoms. The molecule has 5 heteroatoms. The molecular formula is C25H26ClNO2S. The summed E-state index contributed by atoms with van der Waals surface area (Å²) >= 11 is 7.66. The van der Waals surface area contributed by atoms with Crippen molar-refractivity contribution in [2.45, 2.75) is 30.4 Å². The van der Waals surface area contributed by atoms with Gasteiger partial charge in [0.25, 0.3) is 5.91 Å². The number of aryl methyl sites for hydroxylation is 1. The number of ether oxygens (including phenoxy) is 1. The maximum Gasteiger partial charge on any atom is 0.251 e. The number of thioether (sulfide) groups is 1. The van der Waals surface area contributed by atoms with Crippen LogP contribution in [0.5, 0.6) is 5.75 Å². The minimum Gasteiger partial charge on any atom is -0.494 e. The molecule has 0 atom stereocenters. The van der Waals surface area contributed by atoms with Gasteiger partial charge >= 0.3 is 0 Å². The van der Waals surface area contributed by atoms with E-state index < -0.39 is 0 Å². The second-order valence-electron chi connectivity index (χ2n) is 6.88. The quantitative estimate of drug-likeness (QED) is 0.293. The monoisotopic (exact) mass is 439 g/mol. The summed E-state index contributed by atoms with van der Waals surface area (Å²) in [5.41, 5.74) is 3.12. The molecule has 0 radical (unpaired) electrons. The van der Waals surface area contributed by atoms with E-state index in [4.69, 9.17) is 16.3 Å². The molecule has 0 bridgehead atoms. The smallest absolute Gasteiger partial charge is 0.251 e. The van der Waals surface area contributed by atoms with Crippen LogP contribution in [0.3, 0.4) is 0 Å². The zero-order valence-electron chi connectivity index (χ0n) is 17.1. The Morgan fingerprint density at radius 1 is 0.933 bits per heavy atom. The molecule has 0 unspecified atom stereocenters. The molecule has 3 aromatic carbocycles. The Morgan fingerprint density at radius 3 is 2.27 bits per heavy atom. The van der Waals surface area contributed by atoms with Gasteiger partial charge in [0.2, 0.25) is 0 Å². The van der Waals surface area contributed by atoms with E-state index in [0.29, 0.717) is 18.7 Å². The van der Waals surface area contributed by atoms with Crippen LogP contribution in [0.2, 0.25) is 5.02 Å². The Balaban J connectivity index is 1.39.